The quantitative estimate of drug-likeness (QED) is 0.214. The fraction of sp³-hybridized carbons (Fsp3) is 0. The molecule has 7 rings (SSSR count). The van der Waals surface area contributed by atoms with Gasteiger partial charge >= 0.3 is 0 Å². The Balaban J connectivity index is 1.44. The van der Waals surface area contributed by atoms with Crippen LogP contribution in [0, 0.1) is 0 Å². The van der Waals surface area contributed by atoms with Crippen LogP contribution in [-0.2, 0) is 0 Å². The zero-order chi connectivity index (χ0) is 25.6. The Morgan fingerprint density at radius 1 is 0.421 bits per heavy atom. The van der Waals surface area contributed by atoms with Gasteiger partial charge in [0.2, 0.25) is 0 Å². The number of hydrogen-bond donors (Lipinski definition) is 0. The van der Waals surface area contributed by atoms with E-state index in [4.69, 9.17) is 0 Å². The average molecular weight is 483 g/mol. The largest absolute Gasteiger partial charge is 0.0985 e. The van der Waals surface area contributed by atoms with Gasteiger partial charge in [-0.2, -0.15) is 0 Å². The van der Waals surface area contributed by atoms with Crippen LogP contribution in [0.3, 0.4) is 0 Å². The van der Waals surface area contributed by atoms with Gasteiger partial charge in [-0.1, -0.05) is 128 Å². The van der Waals surface area contributed by atoms with E-state index in [0.717, 1.165) is 11.1 Å². The lowest BCUT2D eigenvalue weighted by molar-refractivity contribution is 1.57. The smallest absolute Gasteiger partial charge is 0.00201 e. The van der Waals surface area contributed by atoms with Crippen LogP contribution < -0.4 is 0 Å². The van der Waals surface area contributed by atoms with Crippen LogP contribution in [-0.4, -0.2) is 0 Å². The van der Waals surface area contributed by atoms with E-state index in [2.05, 4.69) is 134 Å². The van der Waals surface area contributed by atoms with E-state index in [9.17, 15) is 0 Å². The van der Waals surface area contributed by atoms with Crippen LogP contribution in [0.1, 0.15) is 11.1 Å². The lowest BCUT2D eigenvalue weighted by Crippen LogP contribution is -1.91. The van der Waals surface area contributed by atoms with Crippen molar-refractivity contribution in [3.8, 4) is 33.4 Å². The summed E-state index contributed by atoms with van der Waals surface area (Å²) in [6, 6.07) is 44.1. The highest BCUT2D eigenvalue weighted by Crippen LogP contribution is 2.44. The Morgan fingerprint density at radius 3 is 1.53 bits per heavy atom. The molecule has 0 heterocycles. The van der Waals surface area contributed by atoms with Crippen molar-refractivity contribution in [2.24, 2.45) is 0 Å². The first kappa shape index (κ1) is 22.3. The van der Waals surface area contributed by atoms with Crippen LogP contribution in [0.2, 0.25) is 0 Å². The van der Waals surface area contributed by atoms with Crippen molar-refractivity contribution in [3.05, 3.63) is 146 Å². The summed E-state index contributed by atoms with van der Waals surface area (Å²) in [5.74, 6) is 0. The van der Waals surface area contributed by atoms with Gasteiger partial charge in [0.1, 0.15) is 0 Å². The molecule has 7 aromatic rings. The zero-order valence-electron chi connectivity index (χ0n) is 21.1. The molecule has 0 bridgehead atoms. The van der Waals surface area contributed by atoms with Gasteiger partial charge in [-0.25, -0.2) is 0 Å². The molecule has 0 aromatic heterocycles. The molecule has 0 fully saturated rings. The van der Waals surface area contributed by atoms with Gasteiger partial charge in [0, 0.05) is 0 Å². The predicted octanol–water partition coefficient (Wildman–Crippen LogP) is 10.9. The normalized spacial score (nSPS) is 11.4. The summed E-state index contributed by atoms with van der Waals surface area (Å²) in [6.07, 6.45) is 3.81. The van der Waals surface area contributed by atoms with Crippen molar-refractivity contribution >= 4 is 44.5 Å². The van der Waals surface area contributed by atoms with Gasteiger partial charge in [-0.3, -0.25) is 0 Å². The second kappa shape index (κ2) is 8.87. The highest BCUT2D eigenvalue weighted by molar-refractivity contribution is 6.29. The lowest BCUT2D eigenvalue weighted by atomic mass is 9.85. The number of hydrogen-bond acceptors (Lipinski definition) is 0. The predicted molar refractivity (Wildman–Crippen MR) is 167 cm³/mol. The standard InChI is InChI=1S/C38H26/c1-3-25-16-17-26(4-2)34(22-25)28-18-20-29(21-19-28)36-24-31-13-8-14-32-35(27-10-6-5-7-11-27)23-30-12-9-15-33(36)38(30)37(31)32/h3-24H,1-2H2. The average Bonchev–Trinajstić information content (AvgIpc) is 2.99. The lowest BCUT2D eigenvalue weighted by Gasteiger charge is -2.18. The third kappa shape index (κ3) is 3.46. The summed E-state index contributed by atoms with van der Waals surface area (Å²) in [5, 5.41) is 7.83. The van der Waals surface area contributed by atoms with E-state index in [1.165, 1.54) is 65.7 Å². The summed E-state index contributed by atoms with van der Waals surface area (Å²) in [5.41, 5.74) is 9.60. The Kier molecular flexibility index (Phi) is 5.20. The van der Waals surface area contributed by atoms with Crippen LogP contribution in [0.25, 0.3) is 77.9 Å². The molecule has 38 heavy (non-hydrogen) atoms. The molecule has 0 aliphatic heterocycles. The van der Waals surface area contributed by atoms with Gasteiger partial charge in [0.05, 0.1) is 0 Å². The van der Waals surface area contributed by atoms with E-state index in [1.807, 2.05) is 12.2 Å². The molecule has 0 spiro atoms. The molecule has 0 atom stereocenters. The fourth-order valence-electron chi connectivity index (χ4n) is 5.91. The molecule has 7 aromatic carbocycles. The van der Waals surface area contributed by atoms with Crippen molar-refractivity contribution in [1.29, 1.82) is 0 Å². The minimum absolute atomic E-state index is 1.11. The zero-order valence-corrected chi connectivity index (χ0v) is 21.1. The molecular weight excluding hydrogens is 456 g/mol. The third-order valence-corrected chi connectivity index (χ3v) is 7.75. The Bertz CT molecular complexity index is 1970. The molecule has 0 saturated carbocycles. The highest BCUT2D eigenvalue weighted by atomic mass is 14.2. The minimum atomic E-state index is 1.11. The third-order valence-electron chi connectivity index (χ3n) is 7.75. The van der Waals surface area contributed by atoms with E-state index in [-0.39, 0.29) is 0 Å². The second-order valence-corrected chi connectivity index (χ2v) is 9.85. The monoisotopic (exact) mass is 482 g/mol. The van der Waals surface area contributed by atoms with Crippen molar-refractivity contribution in [1.82, 2.24) is 0 Å². The molecule has 0 unspecified atom stereocenters. The topological polar surface area (TPSA) is 0 Å². The molecule has 178 valence electrons. The number of rotatable bonds is 5. The fourth-order valence-corrected chi connectivity index (χ4v) is 5.91. The van der Waals surface area contributed by atoms with Crippen LogP contribution in [0.4, 0.5) is 0 Å². The van der Waals surface area contributed by atoms with E-state index < -0.39 is 0 Å². The molecule has 0 aliphatic rings. The van der Waals surface area contributed by atoms with E-state index in [0.29, 0.717) is 0 Å². The minimum Gasteiger partial charge on any atom is -0.0985 e. The van der Waals surface area contributed by atoms with Crippen molar-refractivity contribution in [3.63, 3.8) is 0 Å². The first-order valence-electron chi connectivity index (χ1n) is 13.0. The Hall–Kier alpha value is -4.94. The maximum Gasteiger partial charge on any atom is -0.00201 e. The molecule has 0 saturated heterocycles. The van der Waals surface area contributed by atoms with Crippen LogP contribution in [0.5, 0.6) is 0 Å². The van der Waals surface area contributed by atoms with Crippen LogP contribution >= 0.6 is 0 Å². The number of benzene rings is 7. The highest BCUT2D eigenvalue weighted by Gasteiger charge is 2.16. The molecule has 0 aliphatic carbocycles. The van der Waals surface area contributed by atoms with Gasteiger partial charge in [-0.15, -0.1) is 0 Å². The Labute approximate surface area is 223 Å². The van der Waals surface area contributed by atoms with Crippen molar-refractivity contribution in [2.45, 2.75) is 0 Å². The maximum absolute atomic E-state index is 4.02. The van der Waals surface area contributed by atoms with Gasteiger partial charge in [0.15, 0.2) is 0 Å². The first-order valence-corrected chi connectivity index (χ1v) is 13.0. The molecule has 0 heteroatoms. The van der Waals surface area contributed by atoms with Crippen molar-refractivity contribution in [2.75, 3.05) is 0 Å². The summed E-state index contributed by atoms with van der Waals surface area (Å²) in [6.45, 7) is 7.95. The summed E-state index contributed by atoms with van der Waals surface area (Å²) in [7, 11) is 0. The summed E-state index contributed by atoms with van der Waals surface area (Å²) >= 11 is 0. The van der Waals surface area contributed by atoms with Gasteiger partial charge in [-0.05, 0) is 95.0 Å². The maximum atomic E-state index is 4.02. The molecule has 0 N–H and O–H groups in total. The molecule has 0 radical (unpaired) electrons. The molecule has 0 amide bonds. The SMILES string of the molecule is C=Cc1ccc(C=C)c(-c2ccc(-c3cc4cccc5c(-c6ccccc6)cc6cccc3c6c45)cc2)c1. The van der Waals surface area contributed by atoms with E-state index >= 15 is 0 Å². The van der Waals surface area contributed by atoms with E-state index in [1.54, 1.807) is 0 Å². The van der Waals surface area contributed by atoms with Gasteiger partial charge < -0.3 is 0 Å². The van der Waals surface area contributed by atoms with Gasteiger partial charge in [0.25, 0.3) is 0 Å². The first-order chi connectivity index (χ1) is 18.7. The van der Waals surface area contributed by atoms with Crippen molar-refractivity contribution < 1.29 is 0 Å². The Morgan fingerprint density at radius 2 is 0.974 bits per heavy atom. The summed E-state index contributed by atoms with van der Waals surface area (Å²) < 4.78 is 0. The summed E-state index contributed by atoms with van der Waals surface area (Å²) in [4.78, 5) is 0. The second-order valence-electron chi connectivity index (χ2n) is 9.85. The van der Waals surface area contributed by atoms with Crippen LogP contribution in [0.15, 0.2) is 134 Å². The molecule has 0 nitrogen and oxygen atoms in total. The molecular formula is C38H26.